The van der Waals surface area contributed by atoms with Gasteiger partial charge in [0.15, 0.2) is 5.78 Å². The number of Topliss-reactive ketones (excluding diaryl/α,β-unsaturated/α-hetero) is 1. The Labute approximate surface area is 179 Å². The van der Waals surface area contributed by atoms with E-state index in [2.05, 4.69) is 5.32 Å². The van der Waals surface area contributed by atoms with Crippen molar-refractivity contribution in [3.8, 4) is 0 Å². The molecule has 6 heteroatoms. The normalized spacial score (nSPS) is 17.7. The summed E-state index contributed by atoms with van der Waals surface area (Å²) < 4.78 is 0. The Balaban J connectivity index is 1.75. The Bertz CT molecular complexity index is 658. The highest BCUT2D eigenvalue weighted by Gasteiger charge is 2.25. The van der Waals surface area contributed by atoms with Gasteiger partial charge < -0.3 is 16.2 Å². The summed E-state index contributed by atoms with van der Waals surface area (Å²) in [5.41, 5.74) is 7.16. The van der Waals surface area contributed by atoms with E-state index in [-0.39, 0.29) is 30.6 Å². The molecule has 1 aliphatic carbocycles. The zero-order valence-electron chi connectivity index (χ0n) is 17.7. The quantitative estimate of drug-likeness (QED) is 0.429. The fourth-order valence-corrected chi connectivity index (χ4v) is 4.20. The van der Waals surface area contributed by atoms with Gasteiger partial charge in [-0.2, -0.15) is 0 Å². The molecule has 4 N–H and O–H groups in total. The molecule has 6 nitrogen and oxygen atoms in total. The van der Waals surface area contributed by atoms with Crippen molar-refractivity contribution in [1.29, 1.82) is 0 Å². The first kappa shape index (κ1) is 24.2. The first-order chi connectivity index (χ1) is 14.5. The summed E-state index contributed by atoms with van der Waals surface area (Å²) in [6.07, 6.45) is 8.63. The lowest BCUT2D eigenvalue weighted by Crippen LogP contribution is -2.42. The Morgan fingerprint density at radius 1 is 1.17 bits per heavy atom. The van der Waals surface area contributed by atoms with Gasteiger partial charge in [0.1, 0.15) is 0 Å². The van der Waals surface area contributed by atoms with Crippen LogP contribution in [-0.2, 0) is 20.8 Å². The van der Waals surface area contributed by atoms with Crippen LogP contribution >= 0.6 is 0 Å². The molecular formula is C24H35N2O4. The van der Waals surface area contributed by atoms with Crippen molar-refractivity contribution < 1.29 is 19.5 Å². The van der Waals surface area contributed by atoms with Gasteiger partial charge in [0.2, 0.25) is 12.2 Å². The molecule has 0 bridgehead atoms. The number of carbonyl (C=O) groups excluding carboxylic acids is 3. The maximum absolute atomic E-state index is 12.4. The van der Waals surface area contributed by atoms with Gasteiger partial charge in [-0.05, 0) is 37.2 Å². The van der Waals surface area contributed by atoms with Crippen LogP contribution in [0.15, 0.2) is 30.3 Å². The Morgan fingerprint density at radius 2 is 1.87 bits per heavy atom. The lowest BCUT2D eigenvalue weighted by molar-refractivity contribution is -0.127. The van der Waals surface area contributed by atoms with E-state index in [0.29, 0.717) is 31.6 Å². The second kappa shape index (κ2) is 13.3. The number of hydrogen-bond donors (Lipinski definition) is 3. The van der Waals surface area contributed by atoms with E-state index in [4.69, 9.17) is 5.73 Å². The van der Waals surface area contributed by atoms with Crippen molar-refractivity contribution in [2.45, 2.75) is 88.8 Å². The molecule has 0 saturated heterocycles. The number of nitrogens with one attached hydrogen (secondary N) is 1. The molecule has 0 unspecified atom stereocenters. The minimum absolute atomic E-state index is 0.217. The monoisotopic (exact) mass is 415 g/mol. The van der Waals surface area contributed by atoms with Gasteiger partial charge in [-0.25, -0.2) is 0 Å². The number of hydrogen-bond acceptors (Lipinski definition) is 5. The third-order valence-electron chi connectivity index (χ3n) is 5.98. The van der Waals surface area contributed by atoms with E-state index in [1.165, 1.54) is 6.42 Å². The van der Waals surface area contributed by atoms with Crippen molar-refractivity contribution in [1.82, 2.24) is 5.32 Å². The summed E-state index contributed by atoms with van der Waals surface area (Å²) in [5, 5.41) is 13.1. The maximum atomic E-state index is 12.4. The van der Waals surface area contributed by atoms with E-state index < -0.39 is 12.1 Å². The van der Waals surface area contributed by atoms with Crippen molar-refractivity contribution in [2.24, 2.45) is 11.7 Å². The third-order valence-corrected chi connectivity index (χ3v) is 5.98. The highest BCUT2D eigenvalue weighted by molar-refractivity contribution is 5.96. The molecule has 165 valence electrons. The molecule has 2 rings (SSSR count). The molecule has 0 aromatic heterocycles. The first-order valence-electron chi connectivity index (χ1n) is 11.1. The summed E-state index contributed by atoms with van der Waals surface area (Å²) in [7, 11) is 0. The van der Waals surface area contributed by atoms with Crippen LogP contribution in [0, 0.1) is 5.92 Å². The lowest BCUT2D eigenvalue weighted by Gasteiger charge is -2.26. The SMILES string of the molecule is N[C@@H](Cc1ccccc1)[C@@H](O)CCCC(=O)N[C@@H](CC1CCCCC1)C(=O)C[C]=O. The fourth-order valence-electron chi connectivity index (χ4n) is 4.20. The van der Waals surface area contributed by atoms with Crippen LogP contribution in [0.5, 0.6) is 0 Å². The topological polar surface area (TPSA) is 109 Å². The number of rotatable bonds is 13. The molecule has 1 radical (unpaired) electrons. The van der Waals surface area contributed by atoms with Crippen LogP contribution in [0.1, 0.15) is 69.8 Å². The Hall–Kier alpha value is -2.05. The average Bonchev–Trinajstić information content (AvgIpc) is 2.74. The smallest absolute Gasteiger partial charge is 0.220 e. The van der Waals surface area contributed by atoms with E-state index in [1.807, 2.05) is 30.3 Å². The average molecular weight is 416 g/mol. The van der Waals surface area contributed by atoms with Gasteiger partial charge in [0.25, 0.3) is 0 Å². The molecule has 1 saturated carbocycles. The van der Waals surface area contributed by atoms with Gasteiger partial charge in [0.05, 0.1) is 18.6 Å². The van der Waals surface area contributed by atoms with Crippen LogP contribution in [0.25, 0.3) is 0 Å². The van der Waals surface area contributed by atoms with Crippen molar-refractivity contribution in [2.75, 3.05) is 0 Å². The molecule has 0 spiro atoms. The number of aliphatic hydroxyl groups is 1. The Morgan fingerprint density at radius 3 is 2.53 bits per heavy atom. The molecule has 1 aliphatic rings. The zero-order chi connectivity index (χ0) is 21.8. The molecule has 3 atom stereocenters. The molecule has 1 amide bonds. The number of carbonyl (C=O) groups is 2. The number of aliphatic hydroxyl groups excluding tert-OH is 1. The van der Waals surface area contributed by atoms with E-state index >= 15 is 0 Å². The standard InChI is InChI=1S/C24H35N2O4/c25-20(16-18-8-3-1-4-9-18)22(28)12-7-13-24(30)26-21(23(29)14-15-27)17-19-10-5-2-6-11-19/h1,3-4,8-9,19-22,28H,2,5-7,10-14,16-17,25H2,(H,26,30)/t20-,21-,22-/m0/s1. The first-order valence-corrected chi connectivity index (χ1v) is 11.1. The third kappa shape index (κ3) is 8.76. The summed E-state index contributed by atoms with van der Waals surface area (Å²) in [5.74, 6) is -0.0785. The lowest BCUT2D eigenvalue weighted by atomic mass is 9.83. The summed E-state index contributed by atoms with van der Waals surface area (Å²) in [6, 6.07) is 8.74. The van der Waals surface area contributed by atoms with Crippen molar-refractivity contribution in [3.63, 3.8) is 0 Å². The molecule has 0 heterocycles. The second-order valence-electron chi connectivity index (χ2n) is 8.46. The number of amides is 1. The molecular weight excluding hydrogens is 380 g/mol. The van der Waals surface area contributed by atoms with E-state index in [9.17, 15) is 19.5 Å². The van der Waals surface area contributed by atoms with Crippen LogP contribution < -0.4 is 11.1 Å². The van der Waals surface area contributed by atoms with Gasteiger partial charge in [-0.3, -0.25) is 14.4 Å². The summed E-state index contributed by atoms with van der Waals surface area (Å²) in [4.78, 5) is 35.3. The highest BCUT2D eigenvalue weighted by Crippen LogP contribution is 2.27. The van der Waals surface area contributed by atoms with Gasteiger partial charge in [-0.1, -0.05) is 62.4 Å². The fraction of sp³-hybridized carbons (Fsp3) is 0.625. The minimum Gasteiger partial charge on any atom is -0.392 e. The largest absolute Gasteiger partial charge is 0.392 e. The predicted molar refractivity (Wildman–Crippen MR) is 116 cm³/mol. The minimum atomic E-state index is -0.692. The van der Waals surface area contributed by atoms with Crippen molar-refractivity contribution in [3.05, 3.63) is 35.9 Å². The van der Waals surface area contributed by atoms with Crippen LogP contribution in [0.4, 0.5) is 0 Å². The zero-order valence-corrected chi connectivity index (χ0v) is 17.7. The summed E-state index contributed by atoms with van der Waals surface area (Å²) in [6.45, 7) is 0. The molecule has 30 heavy (non-hydrogen) atoms. The van der Waals surface area contributed by atoms with E-state index in [0.717, 1.165) is 31.2 Å². The Kier molecular flexibility index (Phi) is 10.7. The van der Waals surface area contributed by atoms with Crippen LogP contribution in [0.2, 0.25) is 0 Å². The number of benzene rings is 1. The molecule has 1 aromatic rings. The molecule has 1 fully saturated rings. The predicted octanol–water partition coefficient (Wildman–Crippen LogP) is 2.61. The van der Waals surface area contributed by atoms with Gasteiger partial charge in [0, 0.05) is 12.5 Å². The molecule has 0 aliphatic heterocycles. The van der Waals surface area contributed by atoms with Crippen LogP contribution in [0.3, 0.4) is 0 Å². The van der Waals surface area contributed by atoms with Crippen molar-refractivity contribution >= 4 is 18.0 Å². The number of nitrogens with two attached hydrogens (primary N) is 1. The highest BCUT2D eigenvalue weighted by atomic mass is 16.3. The second-order valence-corrected chi connectivity index (χ2v) is 8.46. The maximum Gasteiger partial charge on any atom is 0.220 e. The number of ketones is 1. The van der Waals surface area contributed by atoms with Gasteiger partial charge >= 0.3 is 0 Å². The van der Waals surface area contributed by atoms with Gasteiger partial charge in [-0.15, -0.1) is 0 Å². The van der Waals surface area contributed by atoms with Crippen LogP contribution in [-0.4, -0.2) is 41.3 Å². The summed E-state index contributed by atoms with van der Waals surface area (Å²) >= 11 is 0. The van der Waals surface area contributed by atoms with E-state index in [1.54, 1.807) is 6.29 Å². The molecule has 1 aromatic carbocycles.